The van der Waals surface area contributed by atoms with Gasteiger partial charge in [-0.2, -0.15) is 0 Å². The first kappa shape index (κ1) is 22.2. The molecule has 5 nitrogen and oxygen atoms in total. The third-order valence-corrected chi connectivity index (χ3v) is 6.35. The zero-order valence-corrected chi connectivity index (χ0v) is 19.9. The fourth-order valence-electron chi connectivity index (χ4n) is 3.88. The average Bonchev–Trinajstić information content (AvgIpc) is 3.09. The number of carbonyl (C=O) groups excluding carboxylic acids is 3. The number of imide groups is 1. The highest BCUT2D eigenvalue weighted by molar-refractivity contribution is 14.1. The van der Waals surface area contributed by atoms with Crippen LogP contribution in [0.5, 0.6) is 0 Å². The maximum absolute atomic E-state index is 13.4. The van der Waals surface area contributed by atoms with Crippen LogP contribution in [0.3, 0.4) is 0 Å². The van der Waals surface area contributed by atoms with Crippen LogP contribution in [0, 0.1) is 10.5 Å². The number of rotatable bonds is 6. The van der Waals surface area contributed by atoms with Crippen LogP contribution in [0.2, 0.25) is 0 Å². The molecule has 0 aliphatic carbocycles. The summed E-state index contributed by atoms with van der Waals surface area (Å²) in [6, 6.07) is 23.5. The summed E-state index contributed by atoms with van der Waals surface area (Å²) < 4.78 is 1.01. The standard InChI is InChI=1S/C26H23IN2O3/c1-18-7-9-20(10-8-18)25(31)28(16-15-19-5-3-2-4-6-19)23-17-24(30)29(26(23)32)22-13-11-21(27)12-14-22/h2-14,23H,15-17H2,1H3. The van der Waals surface area contributed by atoms with Gasteiger partial charge in [-0.25, -0.2) is 4.90 Å². The molecule has 0 saturated carbocycles. The minimum atomic E-state index is -0.820. The number of halogens is 1. The van der Waals surface area contributed by atoms with Crippen molar-refractivity contribution in [1.82, 2.24) is 4.90 Å². The van der Waals surface area contributed by atoms with Crippen LogP contribution < -0.4 is 4.90 Å². The van der Waals surface area contributed by atoms with Crippen LogP contribution in [0.15, 0.2) is 78.9 Å². The summed E-state index contributed by atoms with van der Waals surface area (Å²) in [5, 5.41) is 0. The van der Waals surface area contributed by atoms with E-state index < -0.39 is 6.04 Å². The van der Waals surface area contributed by atoms with Gasteiger partial charge in [0.2, 0.25) is 5.91 Å². The second kappa shape index (κ2) is 9.65. The molecule has 1 heterocycles. The van der Waals surface area contributed by atoms with Gasteiger partial charge in [0.1, 0.15) is 6.04 Å². The average molecular weight is 538 g/mol. The van der Waals surface area contributed by atoms with Gasteiger partial charge in [-0.3, -0.25) is 14.4 Å². The van der Waals surface area contributed by atoms with Gasteiger partial charge in [0.05, 0.1) is 12.1 Å². The minimum absolute atomic E-state index is 0.0167. The smallest absolute Gasteiger partial charge is 0.257 e. The van der Waals surface area contributed by atoms with Crippen LogP contribution in [-0.2, 0) is 16.0 Å². The van der Waals surface area contributed by atoms with E-state index in [1.54, 1.807) is 29.2 Å². The van der Waals surface area contributed by atoms with Gasteiger partial charge < -0.3 is 4.90 Å². The van der Waals surface area contributed by atoms with Crippen LogP contribution >= 0.6 is 22.6 Å². The molecular weight excluding hydrogens is 515 g/mol. The van der Waals surface area contributed by atoms with Gasteiger partial charge in [0, 0.05) is 15.7 Å². The molecule has 6 heteroatoms. The zero-order valence-electron chi connectivity index (χ0n) is 17.7. The molecule has 1 unspecified atom stereocenters. The first-order valence-electron chi connectivity index (χ1n) is 10.5. The Hall–Kier alpha value is -3.00. The summed E-state index contributed by atoms with van der Waals surface area (Å²) in [5.41, 5.74) is 3.17. The van der Waals surface area contributed by atoms with E-state index in [1.807, 2.05) is 61.5 Å². The van der Waals surface area contributed by atoms with Crippen molar-refractivity contribution in [3.8, 4) is 0 Å². The number of amides is 3. The lowest BCUT2D eigenvalue weighted by Crippen LogP contribution is -2.46. The Morgan fingerprint density at radius 2 is 1.62 bits per heavy atom. The van der Waals surface area contributed by atoms with Crippen LogP contribution in [0.25, 0.3) is 0 Å². The van der Waals surface area contributed by atoms with Gasteiger partial charge in [0.15, 0.2) is 0 Å². The Labute approximate surface area is 201 Å². The predicted octanol–water partition coefficient (Wildman–Crippen LogP) is 4.62. The summed E-state index contributed by atoms with van der Waals surface area (Å²) in [7, 11) is 0. The molecule has 0 radical (unpaired) electrons. The van der Waals surface area contributed by atoms with E-state index >= 15 is 0 Å². The molecule has 3 aromatic rings. The predicted molar refractivity (Wildman–Crippen MR) is 132 cm³/mol. The van der Waals surface area contributed by atoms with E-state index in [0.29, 0.717) is 24.2 Å². The van der Waals surface area contributed by atoms with Crippen molar-refractivity contribution in [2.45, 2.75) is 25.8 Å². The van der Waals surface area contributed by atoms with E-state index in [9.17, 15) is 14.4 Å². The summed E-state index contributed by atoms with van der Waals surface area (Å²) >= 11 is 2.18. The molecule has 1 fully saturated rings. The molecule has 162 valence electrons. The molecule has 0 spiro atoms. The molecule has 0 N–H and O–H groups in total. The van der Waals surface area contributed by atoms with Gasteiger partial charge in [0.25, 0.3) is 11.8 Å². The summed E-state index contributed by atoms with van der Waals surface area (Å²) in [6.45, 7) is 2.31. The number of carbonyl (C=O) groups is 3. The minimum Gasteiger partial charge on any atom is -0.326 e. The normalized spacial score (nSPS) is 15.8. The van der Waals surface area contributed by atoms with Crippen molar-refractivity contribution >= 4 is 46.0 Å². The molecule has 0 bridgehead atoms. The number of benzene rings is 3. The lowest BCUT2D eigenvalue weighted by Gasteiger charge is -2.28. The summed E-state index contributed by atoms with van der Waals surface area (Å²) in [6.07, 6.45) is 0.581. The number of hydrogen-bond acceptors (Lipinski definition) is 3. The van der Waals surface area contributed by atoms with Gasteiger partial charge >= 0.3 is 0 Å². The molecule has 3 aromatic carbocycles. The number of anilines is 1. The first-order chi connectivity index (χ1) is 15.4. The fourth-order valence-corrected chi connectivity index (χ4v) is 4.24. The Balaban J connectivity index is 1.63. The maximum atomic E-state index is 13.4. The highest BCUT2D eigenvalue weighted by atomic mass is 127. The fraction of sp³-hybridized carbons (Fsp3) is 0.192. The van der Waals surface area contributed by atoms with Crippen LogP contribution in [0.1, 0.15) is 27.9 Å². The van der Waals surface area contributed by atoms with Crippen molar-refractivity contribution in [1.29, 1.82) is 0 Å². The zero-order chi connectivity index (χ0) is 22.7. The number of aryl methyl sites for hydroxylation is 1. The highest BCUT2D eigenvalue weighted by Gasteiger charge is 2.44. The Bertz CT molecular complexity index is 1130. The van der Waals surface area contributed by atoms with Crippen molar-refractivity contribution in [2.75, 3.05) is 11.4 Å². The Morgan fingerprint density at radius 3 is 2.28 bits per heavy atom. The lowest BCUT2D eigenvalue weighted by molar-refractivity contribution is -0.122. The third-order valence-electron chi connectivity index (χ3n) is 5.63. The summed E-state index contributed by atoms with van der Waals surface area (Å²) in [5.74, 6) is -0.885. The molecule has 0 aromatic heterocycles. The van der Waals surface area contributed by atoms with Gasteiger partial charge in [-0.15, -0.1) is 0 Å². The van der Waals surface area contributed by atoms with E-state index in [0.717, 1.165) is 14.7 Å². The molecule has 1 atom stereocenters. The second-order valence-corrected chi connectivity index (χ2v) is 9.11. The van der Waals surface area contributed by atoms with Crippen molar-refractivity contribution in [3.05, 3.63) is 99.1 Å². The van der Waals surface area contributed by atoms with Crippen molar-refractivity contribution < 1.29 is 14.4 Å². The number of hydrogen-bond donors (Lipinski definition) is 0. The molecule has 1 aliphatic rings. The molecule has 4 rings (SSSR count). The summed E-state index contributed by atoms with van der Waals surface area (Å²) in [4.78, 5) is 42.4. The van der Waals surface area contributed by atoms with Crippen molar-refractivity contribution in [2.24, 2.45) is 0 Å². The first-order valence-corrected chi connectivity index (χ1v) is 11.6. The van der Waals surface area contributed by atoms with Gasteiger partial charge in [-0.1, -0.05) is 48.0 Å². The molecule has 1 aliphatic heterocycles. The molecule has 3 amide bonds. The van der Waals surface area contributed by atoms with E-state index in [2.05, 4.69) is 22.6 Å². The topological polar surface area (TPSA) is 57.7 Å². The second-order valence-electron chi connectivity index (χ2n) is 7.86. The van der Waals surface area contributed by atoms with E-state index in [4.69, 9.17) is 0 Å². The number of nitrogens with zero attached hydrogens (tertiary/aromatic N) is 2. The van der Waals surface area contributed by atoms with Gasteiger partial charge in [-0.05, 0) is 77.9 Å². The molecule has 1 saturated heterocycles. The largest absolute Gasteiger partial charge is 0.326 e. The Morgan fingerprint density at radius 1 is 0.969 bits per heavy atom. The molecular formula is C26H23IN2O3. The monoisotopic (exact) mass is 538 g/mol. The quantitative estimate of drug-likeness (QED) is 0.340. The SMILES string of the molecule is Cc1ccc(C(=O)N(CCc2ccccc2)C2CC(=O)N(c3ccc(I)cc3)C2=O)cc1. The maximum Gasteiger partial charge on any atom is 0.257 e. The van der Waals surface area contributed by atoms with E-state index in [1.165, 1.54) is 4.90 Å². The third kappa shape index (κ3) is 4.75. The van der Waals surface area contributed by atoms with Crippen molar-refractivity contribution in [3.63, 3.8) is 0 Å². The highest BCUT2D eigenvalue weighted by Crippen LogP contribution is 2.27. The lowest BCUT2D eigenvalue weighted by atomic mass is 10.1. The van der Waals surface area contributed by atoms with Crippen LogP contribution in [0.4, 0.5) is 5.69 Å². The van der Waals surface area contributed by atoms with Crippen LogP contribution in [-0.4, -0.2) is 35.2 Å². The Kier molecular flexibility index (Phi) is 6.69. The van der Waals surface area contributed by atoms with E-state index in [-0.39, 0.29) is 24.1 Å². The molecule has 32 heavy (non-hydrogen) atoms.